The van der Waals surface area contributed by atoms with Crippen LogP contribution in [0.3, 0.4) is 0 Å². The van der Waals surface area contributed by atoms with E-state index >= 15 is 0 Å². The lowest BCUT2D eigenvalue weighted by Gasteiger charge is -2.37. The highest BCUT2D eigenvalue weighted by Gasteiger charge is 2.37. The number of hydrogen-bond donors (Lipinski definition) is 0. The third-order valence-electron chi connectivity index (χ3n) is 5.07. The maximum Gasteiger partial charge on any atom is 0.350 e. The highest BCUT2D eigenvalue weighted by molar-refractivity contribution is 9.11. The molecule has 1 saturated heterocycles. The predicted molar refractivity (Wildman–Crippen MR) is 103 cm³/mol. The zero-order chi connectivity index (χ0) is 18.7. The SMILES string of the molecule is COC(=O)c1sc(Br)cc1N(C(=O)[C@H]1CC[C@H](C)CC1)C1COCOC1. The Morgan fingerprint density at radius 2 is 1.88 bits per heavy atom. The monoisotopic (exact) mass is 445 g/mol. The standard InChI is InChI=1S/C18H24BrNO5S/c1-11-3-5-12(6-4-11)17(21)20(13-8-24-10-25-9-13)14-7-15(19)26-16(14)18(22)23-2/h7,11-13H,3-6,8-10H2,1-2H3/t11-,12-. The molecule has 0 aromatic carbocycles. The molecule has 2 fully saturated rings. The molecule has 0 unspecified atom stereocenters. The topological polar surface area (TPSA) is 65.1 Å². The summed E-state index contributed by atoms with van der Waals surface area (Å²) in [6.07, 6.45) is 3.87. The van der Waals surface area contributed by atoms with Gasteiger partial charge < -0.3 is 19.1 Å². The van der Waals surface area contributed by atoms with Gasteiger partial charge in [0.25, 0.3) is 0 Å². The number of ether oxygens (including phenoxy) is 3. The van der Waals surface area contributed by atoms with Crippen molar-refractivity contribution in [2.24, 2.45) is 11.8 Å². The van der Waals surface area contributed by atoms with Crippen LogP contribution >= 0.6 is 27.3 Å². The number of amides is 1. The van der Waals surface area contributed by atoms with Crippen molar-refractivity contribution in [3.63, 3.8) is 0 Å². The van der Waals surface area contributed by atoms with Crippen LogP contribution in [0.2, 0.25) is 0 Å². The molecule has 1 amide bonds. The first kappa shape index (κ1) is 19.8. The van der Waals surface area contributed by atoms with E-state index in [1.807, 2.05) is 6.07 Å². The van der Waals surface area contributed by atoms with Crippen LogP contribution in [0.1, 0.15) is 42.3 Å². The quantitative estimate of drug-likeness (QED) is 0.658. The van der Waals surface area contributed by atoms with Crippen molar-refractivity contribution < 1.29 is 23.8 Å². The van der Waals surface area contributed by atoms with Crippen LogP contribution in [0.5, 0.6) is 0 Å². The van der Waals surface area contributed by atoms with Crippen LogP contribution in [0.15, 0.2) is 9.85 Å². The Balaban J connectivity index is 1.93. The van der Waals surface area contributed by atoms with Gasteiger partial charge in [0, 0.05) is 5.92 Å². The van der Waals surface area contributed by atoms with E-state index in [-0.39, 0.29) is 24.7 Å². The summed E-state index contributed by atoms with van der Waals surface area (Å²) in [7, 11) is 1.35. The van der Waals surface area contributed by atoms with Crippen molar-refractivity contribution in [3.05, 3.63) is 14.7 Å². The van der Waals surface area contributed by atoms with Gasteiger partial charge in [0.2, 0.25) is 5.91 Å². The third-order valence-corrected chi connectivity index (χ3v) is 6.67. The van der Waals surface area contributed by atoms with Gasteiger partial charge in [-0.25, -0.2) is 4.79 Å². The Bertz CT molecular complexity index is 650. The molecule has 3 rings (SSSR count). The summed E-state index contributed by atoms with van der Waals surface area (Å²) in [5.41, 5.74) is 0.580. The summed E-state index contributed by atoms with van der Waals surface area (Å²) in [4.78, 5) is 27.8. The zero-order valence-corrected chi connectivity index (χ0v) is 17.4. The summed E-state index contributed by atoms with van der Waals surface area (Å²) >= 11 is 4.71. The molecule has 8 heteroatoms. The smallest absolute Gasteiger partial charge is 0.350 e. The number of halogens is 1. The molecule has 26 heavy (non-hydrogen) atoms. The minimum atomic E-state index is -0.441. The largest absolute Gasteiger partial charge is 0.465 e. The number of carbonyl (C=O) groups is 2. The average Bonchev–Trinajstić information content (AvgIpc) is 3.04. The molecule has 1 aromatic heterocycles. The van der Waals surface area contributed by atoms with E-state index in [1.165, 1.54) is 18.4 Å². The van der Waals surface area contributed by atoms with Crippen LogP contribution in [0.25, 0.3) is 0 Å². The van der Waals surface area contributed by atoms with Crippen molar-refractivity contribution in [2.75, 3.05) is 32.0 Å². The molecular weight excluding hydrogens is 422 g/mol. The van der Waals surface area contributed by atoms with E-state index < -0.39 is 5.97 Å². The van der Waals surface area contributed by atoms with E-state index in [2.05, 4.69) is 22.9 Å². The van der Waals surface area contributed by atoms with Crippen LogP contribution in [0, 0.1) is 11.8 Å². The van der Waals surface area contributed by atoms with E-state index in [9.17, 15) is 9.59 Å². The molecule has 6 nitrogen and oxygen atoms in total. The lowest BCUT2D eigenvalue weighted by Crippen LogP contribution is -2.51. The van der Waals surface area contributed by atoms with Crippen molar-refractivity contribution in [1.82, 2.24) is 0 Å². The summed E-state index contributed by atoms with van der Waals surface area (Å²) in [5, 5.41) is 0. The molecule has 2 heterocycles. The number of thiophene rings is 1. The predicted octanol–water partition coefficient (Wildman–Crippen LogP) is 3.83. The molecule has 144 valence electrons. The number of nitrogens with zero attached hydrogens (tertiary/aromatic N) is 1. The maximum atomic E-state index is 13.4. The van der Waals surface area contributed by atoms with Crippen LogP contribution < -0.4 is 4.90 Å². The Kier molecular flexibility index (Phi) is 6.71. The summed E-state index contributed by atoms with van der Waals surface area (Å²) in [6.45, 7) is 3.25. The number of methoxy groups -OCH3 is 1. The second kappa shape index (κ2) is 8.82. The molecule has 0 N–H and O–H groups in total. The van der Waals surface area contributed by atoms with Gasteiger partial charge in [0.1, 0.15) is 11.7 Å². The molecule has 0 radical (unpaired) electrons. The second-order valence-electron chi connectivity index (χ2n) is 6.93. The van der Waals surface area contributed by atoms with E-state index in [1.54, 1.807) is 4.90 Å². The Hall–Kier alpha value is -0.960. The van der Waals surface area contributed by atoms with Crippen molar-refractivity contribution in [3.8, 4) is 0 Å². The average molecular weight is 446 g/mol. The van der Waals surface area contributed by atoms with Gasteiger partial charge in [-0.3, -0.25) is 4.79 Å². The van der Waals surface area contributed by atoms with Gasteiger partial charge in [0.15, 0.2) is 0 Å². The lowest BCUT2D eigenvalue weighted by atomic mass is 9.82. The van der Waals surface area contributed by atoms with Gasteiger partial charge in [-0.2, -0.15) is 0 Å². The first-order chi connectivity index (χ1) is 12.5. The third kappa shape index (κ3) is 4.30. The molecule has 2 aliphatic rings. The van der Waals surface area contributed by atoms with Crippen LogP contribution in [-0.2, 0) is 19.0 Å². The number of esters is 1. The fourth-order valence-corrected chi connectivity index (χ4v) is 5.09. The molecule has 1 aliphatic heterocycles. The molecule has 0 atom stereocenters. The molecular formula is C18H24BrNO5S. The number of carbonyl (C=O) groups excluding carboxylic acids is 2. The highest BCUT2D eigenvalue weighted by Crippen LogP contribution is 2.38. The Morgan fingerprint density at radius 3 is 2.50 bits per heavy atom. The van der Waals surface area contributed by atoms with Crippen LogP contribution in [0.4, 0.5) is 5.69 Å². The second-order valence-corrected chi connectivity index (χ2v) is 9.37. The van der Waals surface area contributed by atoms with E-state index in [4.69, 9.17) is 14.2 Å². The normalized spacial score (nSPS) is 24.3. The molecule has 0 spiro atoms. The van der Waals surface area contributed by atoms with Crippen LogP contribution in [-0.4, -0.2) is 45.0 Å². The maximum absolute atomic E-state index is 13.4. The minimum absolute atomic E-state index is 0.0303. The van der Waals surface area contributed by atoms with E-state index in [0.29, 0.717) is 29.7 Å². The molecule has 1 aliphatic carbocycles. The number of rotatable bonds is 4. The first-order valence-electron chi connectivity index (χ1n) is 8.87. The first-order valence-corrected chi connectivity index (χ1v) is 10.5. The molecule has 0 bridgehead atoms. The fraction of sp³-hybridized carbons (Fsp3) is 0.667. The Morgan fingerprint density at radius 1 is 1.23 bits per heavy atom. The van der Waals surface area contributed by atoms with Gasteiger partial charge in [-0.1, -0.05) is 6.92 Å². The van der Waals surface area contributed by atoms with Crippen molar-refractivity contribution in [2.45, 2.75) is 38.6 Å². The van der Waals surface area contributed by atoms with Gasteiger partial charge >= 0.3 is 5.97 Å². The van der Waals surface area contributed by atoms with Crippen molar-refractivity contribution in [1.29, 1.82) is 0 Å². The summed E-state index contributed by atoms with van der Waals surface area (Å²) in [6, 6.07) is 1.56. The zero-order valence-electron chi connectivity index (χ0n) is 15.0. The van der Waals surface area contributed by atoms with Gasteiger partial charge in [0.05, 0.1) is 35.8 Å². The van der Waals surface area contributed by atoms with Gasteiger partial charge in [-0.05, 0) is 53.6 Å². The molecule has 1 aromatic rings. The van der Waals surface area contributed by atoms with Gasteiger partial charge in [-0.15, -0.1) is 11.3 Å². The van der Waals surface area contributed by atoms with Crippen molar-refractivity contribution >= 4 is 44.8 Å². The molecule has 1 saturated carbocycles. The number of hydrogen-bond acceptors (Lipinski definition) is 6. The van der Waals surface area contributed by atoms with E-state index in [0.717, 1.165) is 29.5 Å². The summed E-state index contributed by atoms with van der Waals surface area (Å²) < 4.78 is 16.6. The number of anilines is 1. The lowest BCUT2D eigenvalue weighted by molar-refractivity contribution is -0.131. The minimum Gasteiger partial charge on any atom is -0.465 e. The Labute approximate surface area is 165 Å². The highest BCUT2D eigenvalue weighted by atomic mass is 79.9. The fourth-order valence-electron chi connectivity index (χ4n) is 3.59. The summed E-state index contributed by atoms with van der Waals surface area (Å²) in [5.74, 6) is 0.238.